The van der Waals surface area contributed by atoms with Gasteiger partial charge in [0.15, 0.2) is 5.16 Å². The lowest BCUT2D eigenvalue weighted by atomic mass is 10.1. The third-order valence-electron chi connectivity index (χ3n) is 2.44. The number of carboxylic acid groups (broad SMARTS) is 1. The molecule has 94 valence electrons. The zero-order chi connectivity index (χ0) is 13.0. The van der Waals surface area contributed by atoms with Gasteiger partial charge >= 0.3 is 5.97 Å². The normalized spacial score (nSPS) is 10.5. The summed E-state index contributed by atoms with van der Waals surface area (Å²) in [5.41, 5.74) is 2.17. The molecule has 0 radical (unpaired) electrons. The zero-order valence-corrected chi connectivity index (χ0v) is 10.7. The van der Waals surface area contributed by atoms with E-state index in [0.717, 1.165) is 23.9 Å². The number of aromatic nitrogens is 3. The highest BCUT2D eigenvalue weighted by Crippen LogP contribution is 2.20. The van der Waals surface area contributed by atoms with Crippen LogP contribution in [0.15, 0.2) is 35.7 Å². The van der Waals surface area contributed by atoms with Crippen molar-refractivity contribution in [3.63, 3.8) is 0 Å². The first-order valence-electron chi connectivity index (χ1n) is 5.54. The predicted octanol–water partition coefficient (Wildman–Crippen LogP) is 2.01. The molecule has 0 bridgehead atoms. The summed E-state index contributed by atoms with van der Waals surface area (Å²) in [4.78, 5) is 10.6. The number of hydrogen-bond donors (Lipinski definition) is 1. The topological polar surface area (TPSA) is 68.0 Å². The molecule has 0 aliphatic carbocycles. The summed E-state index contributed by atoms with van der Waals surface area (Å²) in [5.74, 6) is -0.886. The second kappa shape index (κ2) is 5.68. The maximum absolute atomic E-state index is 10.6. The Bertz CT molecular complexity index is 554. The highest BCUT2D eigenvalue weighted by atomic mass is 32.2. The largest absolute Gasteiger partial charge is 0.481 e. The lowest BCUT2D eigenvalue weighted by Gasteiger charge is -2.06. The molecule has 2 rings (SSSR count). The number of benzene rings is 1. The van der Waals surface area contributed by atoms with Crippen LogP contribution < -0.4 is 0 Å². The monoisotopic (exact) mass is 263 g/mol. The molecule has 0 saturated carbocycles. The molecule has 0 aliphatic heterocycles. The summed E-state index contributed by atoms with van der Waals surface area (Å²) in [6, 6.07) is 8.03. The molecule has 18 heavy (non-hydrogen) atoms. The van der Waals surface area contributed by atoms with Crippen LogP contribution in [0.25, 0.3) is 5.69 Å². The molecule has 1 heterocycles. The Labute approximate surface area is 109 Å². The van der Waals surface area contributed by atoms with Gasteiger partial charge in [-0.15, -0.1) is 10.2 Å². The molecule has 0 amide bonds. The van der Waals surface area contributed by atoms with E-state index in [0.29, 0.717) is 5.16 Å². The van der Waals surface area contributed by atoms with Crippen LogP contribution in [-0.4, -0.2) is 31.6 Å². The zero-order valence-electron chi connectivity index (χ0n) is 9.91. The van der Waals surface area contributed by atoms with Gasteiger partial charge < -0.3 is 5.11 Å². The van der Waals surface area contributed by atoms with Gasteiger partial charge in [-0.25, -0.2) is 0 Å². The molecule has 1 N–H and O–H groups in total. The van der Waals surface area contributed by atoms with Crippen molar-refractivity contribution in [1.82, 2.24) is 14.8 Å². The molecule has 0 unspecified atom stereocenters. The predicted molar refractivity (Wildman–Crippen MR) is 69.1 cm³/mol. The molecule has 6 heteroatoms. The molecule has 0 saturated heterocycles. The number of rotatable bonds is 5. The van der Waals surface area contributed by atoms with Crippen LogP contribution in [-0.2, 0) is 11.2 Å². The molecular formula is C12H13N3O2S. The second-order valence-corrected chi connectivity index (χ2v) is 4.63. The maximum Gasteiger partial charge on any atom is 0.313 e. The Morgan fingerprint density at radius 3 is 3.06 bits per heavy atom. The lowest BCUT2D eigenvalue weighted by molar-refractivity contribution is -0.133. The molecule has 0 aliphatic rings. The van der Waals surface area contributed by atoms with Gasteiger partial charge in [-0.3, -0.25) is 9.36 Å². The summed E-state index contributed by atoms with van der Waals surface area (Å²) in [6.45, 7) is 2.09. The van der Waals surface area contributed by atoms with Crippen molar-refractivity contribution < 1.29 is 9.90 Å². The summed E-state index contributed by atoms with van der Waals surface area (Å²) < 4.78 is 1.80. The van der Waals surface area contributed by atoms with Gasteiger partial charge in [-0.1, -0.05) is 30.8 Å². The number of carboxylic acids is 1. The Morgan fingerprint density at radius 2 is 2.33 bits per heavy atom. The van der Waals surface area contributed by atoms with Gasteiger partial charge in [0.05, 0.1) is 5.75 Å². The summed E-state index contributed by atoms with van der Waals surface area (Å²) in [5, 5.41) is 17.0. The first-order chi connectivity index (χ1) is 8.70. The third-order valence-corrected chi connectivity index (χ3v) is 3.37. The van der Waals surface area contributed by atoms with Crippen LogP contribution in [0.2, 0.25) is 0 Å². The molecule has 0 fully saturated rings. The number of aliphatic carboxylic acids is 1. The highest BCUT2D eigenvalue weighted by molar-refractivity contribution is 7.99. The summed E-state index contributed by atoms with van der Waals surface area (Å²) >= 11 is 1.16. The van der Waals surface area contributed by atoms with Crippen molar-refractivity contribution in [1.29, 1.82) is 0 Å². The number of nitrogens with zero attached hydrogens (tertiary/aromatic N) is 3. The van der Waals surface area contributed by atoms with E-state index in [1.807, 2.05) is 18.2 Å². The minimum Gasteiger partial charge on any atom is -0.481 e. The molecule has 0 atom stereocenters. The van der Waals surface area contributed by atoms with Crippen molar-refractivity contribution in [2.75, 3.05) is 5.75 Å². The van der Waals surface area contributed by atoms with E-state index in [2.05, 4.69) is 23.2 Å². The number of aryl methyl sites for hydroxylation is 1. The van der Waals surface area contributed by atoms with E-state index in [1.165, 1.54) is 5.56 Å². The van der Waals surface area contributed by atoms with Crippen molar-refractivity contribution in [3.05, 3.63) is 36.2 Å². The van der Waals surface area contributed by atoms with Crippen molar-refractivity contribution >= 4 is 17.7 Å². The van der Waals surface area contributed by atoms with Crippen molar-refractivity contribution in [2.24, 2.45) is 0 Å². The number of thioether (sulfide) groups is 1. The fourth-order valence-electron chi connectivity index (χ4n) is 1.55. The Kier molecular flexibility index (Phi) is 3.99. The van der Waals surface area contributed by atoms with Gasteiger partial charge in [0, 0.05) is 5.69 Å². The van der Waals surface area contributed by atoms with Gasteiger partial charge in [-0.05, 0) is 24.1 Å². The minimum atomic E-state index is -0.864. The average molecular weight is 263 g/mol. The van der Waals surface area contributed by atoms with Crippen LogP contribution in [0.4, 0.5) is 0 Å². The number of carbonyl (C=O) groups is 1. The van der Waals surface area contributed by atoms with E-state index >= 15 is 0 Å². The van der Waals surface area contributed by atoms with Gasteiger partial charge in [0.2, 0.25) is 0 Å². The van der Waals surface area contributed by atoms with E-state index in [9.17, 15) is 4.79 Å². The Balaban J connectivity index is 2.27. The standard InChI is InChI=1S/C12H13N3O2S/c1-2-9-4-3-5-10(6-9)15-8-13-14-12(15)18-7-11(16)17/h3-6,8H,2,7H2,1H3,(H,16,17). The quantitative estimate of drug-likeness (QED) is 0.836. The summed E-state index contributed by atoms with van der Waals surface area (Å²) in [6.07, 6.45) is 2.55. The fraction of sp³-hybridized carbons (Fsp3) is 0.250. The summed E-state index contributed by atoms with van der Waals surface area (Å²) in [7, 11) is 0. The molecule has 2 aromatic rings. The first kappa shape index (κ1) is 12.6. The highest BCUT2D eigenvalue weighted by Gasteiger charge is 2.09. The van der Waals surface area contributed by atoms with Gasteiger partial charge in [0.25, 0.3) is 0 Å². The van der Waals surface area contributed by atoms with E-state index in [1.54, 1.807) is 10.9 Å². The fourth-order valence-corrected chi connectivity index (χ4v) is 2.20. The molecule has 1 aromatic carbocycles. The van der Waals surface area contributed by atoms with Crippen LogP contribution in [0, 0.1) is 0 Å². The first-order valence-corrected chi connectivity index (χ1v) is 6.53. The number of hydrogen-bond acceptors (Lipinski definition) is 4. The maximum atomic E-state index is 10.6. The van der Waals surface area contributed by atoms with E-state index in [4.69, 9.17) is 5.11 Å². The average Bonchev–Trinajstić information content (AvgIpc) is 2.84. The van der Waals surface area contributed by atoms with Crippen molar-refractivity contribution in [3.8, 4) is 5.69 Å². The SMILES string of the molecule is CCc1cccc(-n2cnnc2SCC(=O)O)c1. The molecule has 0 spiro atoms. The lowest BCUT2D eigenvalue weighted by Crippen LogP contribution is -2.01. The Hall–Kier alpha value is -1.82. The van der Waals surface area contributed by atoms with E-state index < -0.39 is 5.97 Å². The Morgan fingerprint density at radius 1 is 1.50 bits per heavy atom. The molecule has 5 nitrogen and oxygen atoms in total. The van der Waals surface area contributed by atoms with E-state index in [-0.39, 0.29) is 5.75 Å². The smallest absolute Gasteiger partial charge is 0.313 e. The van der Waals surface area contributed by atoms with Crippen LogP contribution in [0.3, 0.4) is 0 Å². The second-order valence-electron chi connectivity index (χ2n) is 3.69. The van der Waals surface area contributed by atoms with Crippen LogP contribution in [0.5, 0.6) is 0 Å². The molecule has 1 aromatic heterocycles. The van der Waals surface area contributed by atoms with Crippen LogP contribution in [0.1, 0.15) is 12.5 Å². The molecular weight excluding hydrogens is 250 g/mol. The third kappa shape index (κ3) is 2.89. The van der Waals surface area contributed by atoms with Crippen LogP contribution >= 0.6 is 11.8 Å². The van der Waals surface area contributed by atoms with Crippen molar-refractivity contribution in [2.45, 2.75) is 18.5 Å². The van der Waals surface area contributed by atoms with Gasteiger partial charge in [0.1, 0.15) is 6.33 Å². The van der Waals surface area contributed by atoms with Gasteiger partial charge in [-0.2, -0.15) is 0 Å². The minimum absolute atomic E-state index is 0.0217.